The number of carboxylic acid groups (broad SMARTS) is 1. The first kappa shape index (κ1) is 20.4. The lowest BCUT2D eigenvalue weighted by Crippen LogP contribution is -2.48. The van der Waals surface area contributed by atoms with Gasteiger partial charge in [0, 0.05) is 12.5 Å². The number of carbonyl (C=O) groups is 3. The van der Waals surface area contributed by atoms with Crippen LogP contribution in [0.3, 0.4) is 0 Å². The molecule has 1 rings (SSSR count). The molecule has 3 atom stereocenters. The van der Waals surface area contributed by atoms with Crippen molar-refractivity contribution in [3.05, 3.63) is 0 Å². The SMILES string of the molecule is CCC(C)[C@H](NC(=O)C1CCC(CNC(=O)[C@H](C)N)CC1)C(=O)O. The molecule has 0 aromatic carbocycles. The van der Waals surface area contributed by atoms with E-state index in [9.17, 15) is 19.5 Å². The van der Waals surface area contributed by atoms with Crippen LogP contribution in [0.4, 0.5) is 0 Å². The topological polar surface area (TPSA) is 122 Å². The lowest BCUT2D eigenvalue weighted by molar-refractivity contribution is -0.144. The van der Waals surface area contributed by atoms with Gasteiger partial charge in [-0.15, -0.1) is 0 Å². The van der Waals surface area contributed by atoms with E-state index >= 15 is 0 Å². The molecule has 0 aromatic rings. The van der Waals surface area contributed by atoms with E-state index in [1.54, 1.807) is 6.92 Å². The van der Waals surface area contributed by atoms with Crippen LogP contribution in [0.15, 0.2) is 0 Å². The third-order valence-corrected chi connectivity index (χ3v) is 4.97. The summed E-state index contributed by atoms with van der Waals surface area (Å²) in [4.78, 5) is 35.1. The van der Waals surface area contributed by atoms with E-state index in [1.807, 2.05) is 13.8 Å². The molecular weight excluding hydrogens is 310 g/mol. The summed E-state index contributed by atoms with van der Waals surface area (Å²) >= 11 is 0. The quantitative estimate of drug-likeness (QED) is 0.522. The van der Waals surface area contributed by atoms with Crippen molar-refractivity contribution < 1.29 is 19.5 Å². The highest BCUT2D eigenvalue weighted by Gasteiger charge is 2.31. The Labute approximate surface area is 143 Å². The molecule has 0 aromatic heterocycles. The van der Waals surface area contributed by atoms with Gasteiger partial charge in [0.25, 0.3) is 0 Å². The molecule has 24 heavy (non-hydrogen) atoms. The van der Waals surface area contributed by atoms with Crippen LogP contribution in [0.25, 0.3) is 0 Å². The second-order valence-corrected chi connectivity index (χ2v) is 6.96. The minimum atomic E-state index is -0.981. The number of nitrogens with two attached hydrogens (primary N) is 1. The van der Waals surface area contributed by atoms with Crippen molar-refractivity contribution in [1.82, 2.24) is 10.6 Å². The Morgan fingerprint density at radius 1 is 1.17 bits per heavy atom. The van der Waals surface area contributed by atoms with Crippen molar-refractivity contribution in [3.63, 3.8) is 0 Å². The standard InChI is InChI=1S/C17H31N3O4/c1-4-10(2)14(17(23)24)20-16(22)13-7-5-12(6-8-13)9-19-15(21)11(3)18/h10-14H,4-9,18H2,1-3H3,(H,19,21)(H,20,22)(H,23,24)/t10?,11-,12?,13?,14-/m0/s1. The Morgan fingerprint density at radius 3 is 2.21 bits per heavy atom. The van der Waals surface area contributed by atoms with E-state index in [1.165, 1.54) is 0 Å². The number of hydrogen-bond donors (Lipinski definition) is 4. The third kappa shape index (κ3) is 6.11. The summed E-state index contributed by atoms with van der Waals surface area (Å²) in [6.45, 7) is 5.97. The third-order valence-electron chi connectivity index (χ3n) is 4.97. The van der Waals surface area contributed by atoms with E-state index in [0.717, 1.165) is 25.7 Å². The van der Waals surface area contributed by atoms with Gasteiger partial charge in [-0.1, -0.05) is 20.3 Å². The van der Waals surface area contributed by atoms with Crippen LogP contribution in [0.1, 0.15) is 52.9 Å². The van der Waals surface area contributed by atoms with E-state index in [2.05, 4.69) is 10.6 Å². The van der Waals surface area contributed by atoms with Crippen LogP contribution < -0.4 is 16.4 Å². The van der Waals surface area contributed by atoms with Crippen LogP contribution in [0, 0.1) is 17.8 Å². The van der Waals surface area contributed by atoms with Gasteiger partial charge in [-0.2, -0.15) is 0 Å². The summed E-state index contributed by atoms with van der Waals surface area (Å²) in [6.07, 6.45) is 3.83. The summed E-state index contributed by atoms with van der Waals surface area (Å²) in [7, 11) is 0. The fraction of sp³-hybridized carbons (Fsp3) is 0.824. The molecule has 1 saturated carbocycles. The molecule has 0 spiro atoms. The Balaban J connectivity index is 2.42. The van der Waals surface area contributed by atoms with Gasteiger partial charge in [0.05, 0.1) is 6.04 Å². The number of hydrogen-bond acceptors (Lipinski definition) is 4. The summed E-state index contributed by atoms with van der Waals surface area (Å²) in [6, 6.07) is -1.34. The van der Waals surface area contributed by atoms with E-state index in [-0.39, 0.29) is 23.7 Å². The zero-order valence-electron chi connectivity index (χ0n) is 14.9. The molecule has 1 unspecified atom stereocenters. The number of carbonyl (C=O) groups excluding carboxylic acids is 2. The average Bonchev–Trinajstić information content (AvgIpc) is 2.56. The van der Waals surface area contributed by atoms with Gasteiger partial charge in [-0.3, -0.25) is 9.59 Å². The van der Waals surface area contributed by atoms with Crippen LogP contribution in [0.5, 0.6) is 0 Å². The van der Waals surface area contributed by atoms with Gasteiger partial charge in [0.15, 0.2) is 0 Å². The van der Waals surface area contributed by atoms with Gasteiger partial charge >= 0.3 is 5.97 Å². The van der Waals surface area contributed by atoms with Crippen LogP contribution >= 0.6 is 0 Å². The second kappa shape index (κ2) is 9.61. The molecule has 1 fully saturated rings. The predicted molar refractivity (Wildman–Crippen MR) is 91.1 cm³/mol. The number of aliphatic carboxylic acids is 1. The first-order valence-electron chi connectivity index (χ1n) is 8.82. The van der Waals surface area contributed by atoms with E-state index in [4.69, 9.17) is 5.73 Å². The van der Waals surface area contributed by atoms with E-state index in [0.29, 0.717) is 18.9 Å². The normalized spacial score (nSPS) is 24.5. The minimum absolute atomic E-state index is 0.101. The van der Waals surface area contributed by atoms with Crippen LogP contribution in [0.2, 0.25) is 0 Å². The fourth-order valence-corrected chi connectivity index (χ4v) is 2.99. The number of rotatable bonds is 8. The second-order valence-electron chi connectivity index (χ2n) is 6.96. The number of amides is 2. The molecule has 2 amide bonds. The van der Waals surface area contributed by atoms with Crippen molar-refractivity contribution in [2.24, 2.45) is 23.5 Å². The molecule has 0 bridgehead atoms. The fourth-order valence-electron chi connectivity index (χ4n) is 2.99. The first-order valence-corrected chi connectivity index (χ1v) is 8.82. The van der Waals surface area contributed by atoms with Crippen LogP contribution in [-0.4, -0.2) is 41.5 Å². The summed E-state index contributed by atoms with van der Waals surface area (Å²) < 4.78 is 0. The summed E-state index contributed by atoms with van der Waals surface area (Å²) in [5.74, 6) is -1.20. The van der Waals surface area contributed by atoms with Gasteiger partial charge in [0.1, 0.15) is 6.04 Å². The van der Waals surface area contributed by atoms with Crippen molar-refractivity contribution >= 4 is 17.8 Å². The Kier molecular flexibility index (Phi) is 8.18. The van der Waals surface area contributed by atoms with Gasteiger partial charge in [0.2, 0.25) is 11.8 Å². The average molecular weight is 341 g/mol. The zero-order valence-corrected chi connectivity index (χ0v) is 14.9. The Hall–Kier alpha value is -1.63. The molecule has 7 nitrogen and oxygen atoms in total. The molecule has 0 heterocycles. The predicted octanol–water partition coefficient (Wildman–Crippen LogP) is 0.872. The first-order chi connectivity index (χ1) is 11.3. The van der Waals surface area contributed by atoms with Gasteiger partial charge < -0.3 is 21.5 Å². The molecule has 1 aliphatic carbocycles. The zero-order chi connectivity index (χ0) is 18.3. The highest BCUT2D eigenvalue weighted by atomic mass is 16.4. The largest absolute Gasteiger partial charge is 0.480 e. The number of nitrogens with one attached hydrogen (secondary N) is 2. The van der Waals surface area contributed by atoms with Crippen molar-refractivity contribution in [2.75, 3.05) is 6.54 Å². The maximum Gasteiger partial charge on any atom is 0.326 e. The molecule has 5 N–H and O–H groups in total. The van der Waals surface area contributed by atoms with Crippen molar-refractivity contribution in [3.8, 4) is 0 Å². The molecule has 0 radical (unpaired) electrons. The van der Waals surface area contributed by atoms with Crippen LogP contribution in [-0.2, 0) is 14.4 Å². The van der Waals surface area contributed by atoms with Crippen molar-refractivity contribution in [1.29, 1.82) is 0 Å². The summed E-state index contributed by atoms with van der Waals surface area (Å²) in [5.41, 5.74) is 5.51. The lowest BCUT2D eigenvalue weighted by Gasteiger charge is -2.29. The van der Waals surface area contributed by atoms with Gasteiger partial charge in [-0.25, -0.2) is 4.79 Å². The molecule has 0 aliphatic heterocycles. The molecule has 138 valence electrons. The maximum absolute atomic E-state index is 12.3. The highest BCUT2D eigenvalue weighted by molar-refractivity contribution is 5.85. The number of carboxylic acids is 1. The smallest absolute Gasteiger partial charge is 0.326 e. The Morgan fingerprint density at radius 2 is 1.75 bits per heavy atom. The lowest BCUT2D eigenvalue weighted by atomic mass is 9.81. The van der Waals surface area contributed by atoms with E-state index < -0.39 is 18.1 Å². The Bertz CT molecular complexity index is 445. The molecule has 7 heteroatoms. The maximum atomic E-state index is 12.3. The monoisotopic (exact) mass is 341 g/mol. The molecular formula is C17H31N3O4. The molecule has 0 saturated heterocycles. The minimum Gasteiger partial charge on any atom is -0.480 e. The summed E-state index contributed by atoms with van der Waals surface area (Å²) in [5, 5.41) is 14.8. The highest BCUT2D eigenvalue weighted by Crippen LogP contribution is 2.28. The molecule has 1 aliphatic rings. The van der Waals surface area contributed by atoms with Gasteiger partial charge in [-0.05, 0) is 44.4 Å². The van der Waals surface area contributed by atoms with Crippen molar-refractivity contribution in [2.45, 2.75) is 65.0 Å².